The van der Waals surface area contributed by atoms with Crippen molar-refractivity contribution >= 4 is 22.6 Å². The number of pyridine rings is 1. The fourth-order valence-corrected chi connectivity index (χ4v) is 3.72. The maximum absolute atomic E-state index is 13.1. The van der Waals surface area contributed by atoms with E-state index < -0.39 is 0 Å². The largest absolute Gasteiger partial charge is 0.385 e. The van der Waals surface area contributed by atoms with Gasteiger partial charge in [-0.15, -0.1) is 0 Å². The second-order valence-corrected chi connectivity index (χ2v) is 9.14. The van der Waals surface area contributed by atoms with Crippen LogP contribution in [0, 0.1) is 6.92 Å². The van der Waals surface area contributed by atoms with Gasteiger partial charge in [-0.05, 0) is 65.2 Å². The van der Waals surface area contributed by atoms with Gasteiger partial charge in [-0.3, -0.25) is 4.79 Å². The van der Waals surface area contributed by atoms with E-state index in [0.717, 1.165) is 53.9 Å². The maximum atomic E-state index is 13.1. The molecule has 1 fully saturated rings. The Labute approximate surface area is 178 Å². The molecule has 0 saturated heterocycles. The third-order valence-electron chi connectivity index (χ3n) is 5.45. The number of amides is 1. The summed E-state index contributed by atoms with van der Waals surface area (Å²) in [4.78, 5) is 18.0. The number of aryl methyl sites for hydroxylation is 1. The Morgan fingerprint density at radius 1 is 1.17 bits per heavy atom. The third-order valence-corrected chi connectivity index (χ3v) is 5.45. The van der Waals surface area contributed by atoms with Crippen LogP contribution in [0.15, 0.2) is 36.4 Å². The predicted molar refractivity (Wildman–Crippen MR) is 121 cm³/mol. The number of benzene rings is 1. The zero-order chi connectivity index (χ0) is 21.3. The maximum Gasteiger partial charge on any atom is 0.252 e. The molecule has 1 aromatic carbocycles. The smallest absolute Gasteiger partial charge is 0.252 e. The summed E-state index contributed by atoms with van der Waals surface area (Å²) in [6, 6.07) is 12.1. The van der Waals surface area contributed by atoms with Gasteiger partial charge in [0.2, 0.25) is 0 Å². The lowest BCUT2D eigenvalue weighted by Crippen LogP contribution is -2.27. The molecule has 2 aromatic heterocycles. The molecular formula is C24H31N5O. The number of carbonyl (C=O) groups excluding carboxylic acids is 1. The molecular weight excluding hydrogens is 374 g/mol. The molecule has 1 aliphatic carbocycles. The minimum Gasteiger partial charge on any atom is -0.385 e. The number of carbonyl (C=O) groups is 1. The average Bonchev–Trinajstić information content (AvgIpc) is 3.50. The van der Waals surface area contributed by atoms with E-state index in [-0.39, 0.29) is 11.4 Å². The summed E-state index contributed by atoms with van der Waals surface area (Å²) in [5.41, 5.74) is 4.29. The Morgan fingerprint density at radius 3 is 2.57 bits per heavy atom. The molecule has 6 heteroatoms. The number of anilines is 1. The van der Waals surface area contributed by atoms with Crippen molar-refractivity contribution in [3.8, 4) is 0 Å². The van der Waals surface area contributed by atoms with E-state index >= 15 is 0 Å². The van der Waals surface area contributed by atoms with Crippen LogP contribution in [0.25, 0.3) is 11.0 Å². The Morgan fingerprint density at radius 2 is 1.90 bits per heavy atom. The first-order chi connectivity index (χ1) is 14.3. The molecule has 1 amide bonds. The monoisotopic (exact) mass is 405 g/mol. The number of para-hydroxylation sites is 1. The van der Waals surface area contributed by atoms with Crippen LogP contribution in [0.4, 0.5) is 5.69 Å². The highest BCUT2D eigenvalue weighted by molar-refractivity contribution is 6.06. The Balaban J connectivity index is 1.51. The summed E-state index contributed by atoms with van der Waals surface area (Å²) in [6.07, 6.45) is 3.14. The van der Waals surface area contributed by atoms with Gasteiger partial charge in [0.25, 0.3) is 5.91 Å². The molecule has 2 N–H and O–H groups in total. The van der Waals surface area contributed by atoms with E-state index in [1.54, 1.807) is 0 Å². The highest BCUT2D eigenvalue weighted by Gasteiger charge is 2.30. The van der Waals surface area contributed by atoms with Gasteiger partial charge >= 0.3 is 0 Å². The van der Waals surface area contributed by atoms with Gasteiger partial charge in [0.05, 0.1) is 22.2 Å². The normalized spacial score (nSPS) is 14.1. The summed E-state index contributed by atoms with van der Waals surface area (Å²) in [5.74, 6) is 0.431. The first-order valence-corrected chi connectivity index (χ1v) is 10.8. The Hall–Kier alpha value is -2.89. The molecule has 0 unspecified atom stereocenters. The molecule has 4 rings (SSSR count). The number of nitrogens with one attached hydrogen (secondary N) is 2. The molecule has 1 saturated carbocycles. The van der Waals surface area contributed by atoms with Crippen molar-refractivity contribution < 1.29 is 4.79 Å². The van der Waals surface area contributed by atoms with Crippen molar-refractivity contribution in [2.45, 2.75) is 58.4 Å². The molecule has 0 atom stereocenters. The second-order valence-electron chi connectivity index (χ2n) is 9.14. The number of fused-ring (bicyclic) bond motifs is 1. The molecule has 0 radical (unpaired) electrons. The number of aromatic nitrogens is 3. The van der Waals surface area contributed by atoms with Crippen LogP contribution < -0.4 is 10.6 Å². The molecule has 158 valence electrons. The first-order valence-electron chi connectivity index (χ1n) is 10.8. The lowest BCUT2D eigenvalue weighted by Gasteiger charge is -2.20. The van der Waals surface area contributed by atoms with Crippen molar-refractivity contribution in [1.29, 1.82) is 0 Å². The third kappa shape index (κ3) is 4.32. The zero-order valence-corrected chi connectivity index (χ0v) is 18.3. The van der Waals surface area contributed by atoms with Crippen LogP contribution in [-0.2, 0) is 5.54 Å². The van der Waals surface area contributed by atoms with Gasteiger partial charge in [0, 0.05) is 30.4 Å². The standard InChI is InChI=1S/C24H31N5O/c1-16-21-19(23(30)26-14-8-13-25-18-9-6-5-7-10-18)15-20(17-11-12-17)27-22(21)29(28-16)24(2,3)4/h5-7,9-10,15,17,25H,8,11-14H2,1-4H3,(H,26,30). The Bertz CT molecular complexity index is 1040. The highest BCUT2D eigenvalue weighted by Crippen LogP contribution is 2.40. The molecule has 1 aliphatic rings. The minimum absolute atomic E-state index is 0.0411. The number of rotatable bonds is 7. The summed E-state index contributed by atoms with van der Waals surface area (Å²) >= 11 is 0. The van der Waals surface area contributed by atoms with Crippen LogP contribution in [0.5, 0.6) is 0 Å². The lowest BCUT2D eigenvalue weighted by molar-refractivity contribution is 0.0955. The van der Waals surface area contributed by atoms with Crippen molar-refractivity contribution in [2.24, 2.45) is 0 Å². The SMILES string of the molecule is Cc1nn(C(C)(C)C)c2nc(C3CC3)cc(C(=O)NCCCNc3ccccc3)c12. The summed E-state index contributed by atoms with van der Waals surface area (Å²) < 4.78 is 1.96. The van der Waals surface area contributed by atoms with E-state index in [2.05, 4.69) is 31.4 Å². The molecule has 3 aromatic rings. The van der Waals surface area contributed by atoms with Gasteiger partial charge in [0.1, 0.15) is 0 Å². The van der Waals surface area contributed by atoms with Crippen molar-refractivity contribution in [1.82, 2.24) is 20.1 Å². The summed E-state index contributed by atoms with van der Waals surface area (Å²) in [7, 11) is 0. The van der Waals surface area contributed by atoms with Crippen LogP contribution in [-0.4, -0.2) is 33.8 Å². The topological polar surface area (TPSA) is 71.8 Å². The van der Waals surface area contributed by atoms with Gasteiger partial charge in [-0.1, -0.05) is 18.2 Å². The van der Waals surface area contributed by atoms with E-state index in [1.807, 2.05) is 48.0 Å². The molecule has 2 heterocycles. The average molecular weight is 406 g/mol. The van der Waals surface area contributed by atoms with Crippen LogP contribution >= 0.6 is 0 Å². The fourth-order valence-electron chi connectivity index (χ4n) is 3.72. The number of hydrogen-bond acceptors (Lipinski definition) is 4. The lowest BCUT2D eigenvalue weighted by atomic mass is 10.1. The van der Waals surface area contributed by atoms with Crippen molar-refractivity contribution in [2.75, 3.05) is 18.4 Å². The van der Waals surface area contributed by atoms with Crippen molar-refractivity contribution in [3.63, 3.8) is 0 Å². The minimum atomic E-state index is -0.196. The molecule has 30 heavy (non-hydrogen) atoms. The van der Waals surface area contributed by atoms with Crippen LogP contribution in [0.1, 0.15) is 67.7 Å². The summed E-state index contributed by atoms with van der Waals surface area (Å²) in [6.45, 7) is 9.74. The van der Waals surface area contributed by atoms with E-state index in [9.17, 15) is 4.79 Å². The quantitative estimate of drug-likeness (QED) is 0.563. The molecule has 0 bridgehead atoms. The van der Waals surface area contributed by atoms with Gasteiger partial charge in [0.15, 0.2) is 5.65 Å². The molecule has 6 nitrogen and oxygen atoms in total. The van der Waals surface area contributed by atoms with Gasteiger partial charge in [-0.2, -0.15) is 5.10 Å². The Kier molecular flexibility index (Phi) is 5.50. The summed E-state index contributed by atoms with van der Waals surface area (Å²) in [5, 5.41) is 12.1. The van der Waals surface area contributed by atoms with Gasteiger partial charge < -0.3 is 10.6 Å². The fraction of sp³-hybridized carbons (Fsp3) is 0.458. The van der Waals surface area contributed by atoms with Crippen molar-refractivity contribution in [3.05, 3.63) is 53.3 Å². The van der Waals surface area contributed by atoms with E-state index in [1.165, 1.54) is 0 Å². The van der Waals surface area contributed by atoms with E-state index in [4.69, 9.17) is 10.1 Å². The second kappa shape index (κ2) is 8.09. The van der Waals surface area contributed by atoms with Crippen LogP contribution in [0.3, 0.4) is 0 Å². The van der Waals surface area contributed by atoms with Gasteiger partial charge in [-0.25, -0.2) is 9.67 Å². The van der Waals surface area contributed by atoms with Crippen LogP contribution in [0.2, 0.25) is 0 Å². The molecule has 0 spiro atoms. The number of hydrogen-bond donors (Lipinski definition) is 2. The highest BCUT2D eigenvalue weighted by atomic mass is 16.1. The van der Waals surface area contributed by atoms with E-state index in [0.29, 0.717) is 18.0 Å². The predicted octanol–water partition coefficient (Wildman–Crippen LogP) is 4.60. The zero-order valence-electron chi connectivity index (χ0n) is 18.3. The molecule has 0 aliphatic heterocycles. The first kappa shape index (κ1) is 20.4. The number of nitrogens with zero attached hydrogens (tertiary/aromatic N) is 3.